The Morgan fingerprint density at radius 2 is 1.61 bits per heavy atom. The largest absolute Gasteiger partial charge is 0.441 e. The van der Waals surface area contributed by atoms with Gasteiger partial charge in [-0.05, 0) is 30.3 Å². The van der Waals surface area contributed by atoms with Gasteiger partial charge in [0.2, 0.25) is 0 Å². The summed E-state index contributed by atoms with van der Waals surface area (Å²) in [5.41, 5.74) is -4.52. The molecular formula is C22H16ClF3N2O3. The van der Waals surface area contributed by atoms with Gasteiger partial charge >= 0.3 is 6.18 Å². The molecule has 2 aromatic carbocycles. The van der Waals surface area contributed by atoms with Crippen LogP contribution in [-0.2, 0) is 0 Å². The molecule has 1 unspecified atom stereocenters. The molecule has 0 bridgehead atoms. The minimum atomic E-state index is -5.20. The van der Waals surface area contributed by atoms with Crippen LogP contribution in [-0.4, -0.2) is 46.6 Å². The van der Waals surface area contributed by atoms with Crippen molar-refractivity contribution in [1.29, 1.82) is 0 Å². The van der Waals surface area contributed by atoms with Crippen molar-refractivity contribution in [2.75, 3.05) is 13.1 Å². The molecule has 1 fully saturated rings. The molecule has 9 heteroatoms. The number of allylic oxidation sites excluding steroid dienone is 2. The van der Waals surface area contributed by atoms with Gasteiger partial charge in [-0.2, -0.15) is 13.2 Å². The monoisotopic (exact) mass is 448 g/mol. The summed E-state index contributed by atoms with van der Waals surface area (Å²) >= 11 is 5.85. The zero-order valence-corrected chi connectivity index (χ0v) is 16.7. The first-order chi connectivity index (χ1) is 14.6. The first-order valence-corrected chi connectivity index (χ1v) is 9.69. The van der Waals surface area contributed by atoms with Gasteiger partial charge in [0.15, 0.2) is 11.6 Å². The number of carbonyl (C=O) groups is 2. The Balaban J connectivity index is 1.90. The lowest BCUT2D eigenvalue weighted by molar-refractivity contribution is -0.288. The van der Waals surface area contributed by atoms with Crippen LogP contribution in [0, 0.1) is 0 Å². The van der Waals surface area contributed by atoms with E-state index in [-0.39, 0.29) is 35.6 Å². The summed E-state index contributed by atoms with van der Waals surface area (Å²) in [5.74, 6) is -1.80. The zero-order valence-electron chi connectivity index (χ0n) is 15.9. The second kappa shape index (κ2) is 7.55. The molecule has 0 aromatic heterocycles. The maximum atomic E-state index is 14.2. The van der Waals surface area contributed by atoms with Gasteiger partial charge in [-0.3, -0.25) is 9.59 Å². The van der Waals surface area contributed by atoms with E-state index in [2.05, 4.69) is 5.32 Å². The minimum absolute atomic E-state index is 0.0367. The van der Waals surface area contributed by atoms with Crippen molar-refractivity contribution in [1.82, 2.24) is 10.2 Å². The van der Waals surface area contributed by atoms with Crippen molar-refractivity contribution in [3.63, 3.8) is 0 Å². The molecule has 5 nitrogen and oxygen atoms in total. The highest BCUT2D eigenvalue weighted by atomic mass is 35.5. The molecule has 2 aromatic rings. The molecule has 0 saturated carbocycles. The highest BCUT2D eigenvalue weighted by Gasteiger charge is 2.65. The van der Waals surface area contributed by atoms with E-state index >= 15 is 0 Å². The lowest BCUT2D eigenvalue weighted by Crippen LogP contribution is -2.62. The highest BCUT2D eigenvalue weighted by Crippen LogP contribution is 2.46. The van der Waals surface area contributed by atoms with Crippen LogP contribution in [0.25, 0.3) is 0 Å². The second-order valence-electron chi connectivity index (χ2n) is 7.10. The number of carbonyl (C=O) groups excluding carboxylic acids is 2. The third kappa shape index (κ3) is 3.41. The minimum Gasteiger partial charge on any atom is -0.369 e. The fourth-order valence-corrected chi connectivity index (χ4v) is 3.85. The fraction of sp³-hybridized carbons (Fsp3) is 0.182. The Bertz CT molecular complexity index is 1110. The molecule has 2 aliphatic heterocycles. The maximum absolute atomic E-state index is 14.2. The second-order valence-corrected chi connectivity index (χ2v) is 7.54. The van der Waals surface area contributed by atoms with Crippen molar-refractivity contribution in [3.8, 4) is 0 Å². The number of halogens is 4. The van der Waals surface area contributed by atoms with Gasteiger partial charge in [0.05, 0.1) is 11.1 Å². The van der Waals surface area contributed by atoms with Crippen LogP contribution in [0.1, 0.15) is 20.7 Å². The zero-order chi connectivity index (χ0) is 22.4. The number of Topliss-reactive ketones (excluding diaryl/α,β-unsaturated/α-hetero) is 2. The van der Waals surface area contributed by atoms with E-state index in [1.807, 2.05) is 0 Å². The molecule has 0 amide bonds. The van der Waals surface area contributed by atoms with Crippen molar-refractivity contribution in [2.24, 2.45) is 0 Å². The predicted octanol–water partition coefficient (Wildman–Crippen LogP) is 3.71. The SMILES string of the molecule is O=C(C1=CC(C(=O)c2ccc(Cl)cc2)=C2NCCN2C1(O)C(F)(F)F)c1ccccc1. The summed E-state index contributed by atoms with van der Waals surface area (Å²) in [7, 11) is 0. The lowest BCUT2D eigenvalue weighted by Gasteiger charge is -2.43. The number of alkyl halides is 3. The molecule has 0 aliphatic carbocycles. The van der Waals surface area contributed by atoms with Gasteiger partial charge in [0, 0.05) is 29.2 Å². The standard InChI is InChI=1S/C22H16ClF3N2O3/c23-15-8-6-14(7-9-15)18(29)16-12-17(19(30)13-4-2-1-3-5-13)21(31,22(24,25)26)28-11-10-27-20(16)28/h1-9,12,27,31H,10-11H2. The van der Waals surface area contributed by atoms with Crippen LogP contribution in [0.2, 0.25) is 5.02 Å². The van der Waals surface area contributed by atoms with E-state index in [0.717, 1.165) is 6.08 Å². The molecule has 0 radical (unpaired) electrons. The number of fused-ring (bicyclic) bond motifs is 1. The van der Waals surface area contributed by atoms with Crippen LogP contribution < -0.4 is 5.32 Å². The lowest BCUT2D eigenvalue weighted by atomic mass is 9.86. The third-order valence-electron chi connectivity index (χ3n) is 5.23. The fourth-order valence-electron chi connectivity index (χ4n) is 3.72. The van der Waals surface area contributed by atoms with E-state index < -0.39 is 29.0 Å². The van der Waals surface area contributed by atoms with Crippen LogP contribution in [0.3, 0.4) is 0 Å². The van der Waals surface area contributed by atoms with Crippen LogP contribution in [0.15, 0.2) is 77.6 Å². The van der Waals surface area contributed by atoms with Crippen molar-refractivity contribution < 1.29 is 27.9 Å². The summed E-state index contributed by atoms with van der Waals surface area (Å²) in [5, 5.41) is 14.0. The summed E-state index contributed by atoms with van der Waals surface area (Å²) in [6.07, 6.45) is -4.36. The van der Waals surface area contributed by atoms with Crippen molar-refractivity contribution in [2.45, 2.75) is 11.9 Å². The molecule has 0 spiro atoms. The molecule has 1 atom stereocenters. The molecule has 2 heterocycles. The van der Waals surface area contributed by atoms with E-state index in [0.29, 0.717) is 9.92 Å². The number of rotatable bonds is 4. The number of nitrogens with zero attached hydrogens (tertiary/aromatic N) is 1. The maximum Gasteiger partial charge on any atom is 0.441 e. The summed E-state index contributed by atoms with van der Waals surface area (Å²) in [6.45, 7) is -0.187. The Morgan fingerprint density at radius 3 is 2.23 bits per heavy atom. The number of ketones is 2. The Kier molecular flexibility index (Phi) is 5.15. The number of hydrogen-bond acceptors (Lipinski definition) is 5. The van der Waals surface area contributed by atoms with Gasteiger partial charge in [-0.25, -0.2) is 0 Å². The van der Waals surface area contributed by atoms with E-state index in [4.69, 9.17) is 11.6 Å². The molecule has 2 aliphatic rings. The molecule has 31 heavy (non-hydrogen) atoms. The number of aliphatic hydroxyl groups is 1. The quantitative estimate of drug-likeness (QED) is 0.698. The molecule has 2 N–H and O–H groups in total. The molecule has 4 rings (SSSR count). The normalized spacial score (nSPS) is 20.8. The average Bonchev–Trinajstić information content (AvgIpc) is 3.24. The number of nitrogens with one attached hydrogen (secondary N) is 1. The first kappa shape index (κ1) is 21.1. The van der Waals surface area contributed by atoms with E-state index in [9.17, 15) is 27.9 Å². The van der Waals surface area contributed by atoms with E-state index in [1.54, 1.807) is 6.07 Å². The number of benzene rings is 2. The van der Waals surface area contributed by atoms with Gasteiger partial charge in [0.1, 0.15) is 5.82 Å². The smallest absolute Gasteiger partial charge is 0.369 e. The summed E-state index contributed by atoms with van der Waals surface area (Å²) in [4.78, 5) is 26.8. The predicted molar refractivity (Wildman–Crippen MR) is 107 cm³/mol. The van der Waals surface area contributed by atoms with Gasteiger partial charge in [0.25, 0.3) is 5.72 Å². The topological polar surface area (TPSA) is 69.6 Å². The highest BCUT2D eigenvalue weighted by molar-refractivity contribution is 6.30. The van der Waals surface area contributed by atoms with Crippen molar-refractivity contribution in [3.05, 3.63) is 93.8 Å². The average molecular weight is 449 g/mol. The van der Waals surface area contributed by atoms with E-state index in [1.165, 1.54) is 48.5 Å². The summed E-state index contributed by atoms with van der Waals surface area (Å²) in [6, 6.07) is 13.2. The molecular weight excluding hydrogens is 433 g/mol. The van der Waals surface area contributed by atoms with Gasteiger partial charge in [-0.15, -0.1) is 0 Å². The van der Waals surface area contributed by atoms with Gasteiger partial charge in [-0.1, -0.05) is 41.9 Å². The van der Waals surface area contributed by atoms with Crippen LogP contribution in [0.4, 0.5) is 13.2 Å². The van der Waals surface area contributed by atoms with Gasteiger partial charge < -0.3 is 15.3 Å². The Morgan fingerprint density at radius 1 is 1.00 bits per heavy atom. The van der Waals surface area contributed by atoms with Crippen LogP contribution >= 0.6 is 11.6 Å². The first-order valence-electron chi connectivity index (χ1n) is 9.31. The third-order valence-corrected chi connectivity index (χ3v) is 5.49. The Labute approximate surface area is 180 Å². The molecule has 160 valence electrons. The number of hydrogen-bond donors (Lipinski definition) is 2. The molecule has 1 saturated heterocycles. The Hall–Kier alpha value is -3.10. The van der Waals surface area contributed by atoms with Crippen LogP contribution in [0.5, 0.6) is 0 Å². The van der Waals surface area contributed by atoms with Crippen molar-refractivity contribution >= 4 is 23.2 Å². The summed E-state index contributed by atoms with van der Waals surface area (Å²) < 4.78 is 42.5.